The lowest BCUT2D eigenvalue weighted by Crippen LogP contribution is -2.44. The Morgan fingerprint density at radius 3 is 2.47 bits per heavy atom. The second kappa shape index (κ2) is 5.54. The molecule has 0 spiro atoms. The third-order valence-electron chi connectivity index (χ3n) is 2.40. The number of nitrogens with two attached hydrogens (primary N) is 1. The molecule has 0 heterocycles. The molecule has 1 aromatic rings. The van der Waals surface area contributed by atoms with Crippen LogP contribution < -0.4 is 20.7 Å². The van der Waals surface area contributed by atoms with E-state index < -0.39 is 5.41 Å². The van der Waals surface area contributed by atoms with Gasteiger partial charge in [-0.2, -0.15) is 0 Å². The highest BCUT2D eigenvalue weighted by atomic mass is 16.5. The van der Waals surface area contributed by atoms with Crippen LogP contribution in [0.1, 0.15) is 13.8 Å². The smallest absolute Gasteiger partial charge is 0.242 e. The fourth-order valence-electron chi connectivity index (χ4n) is 1.26. The quantitative estimate of drug-likeness (QED) is 0.457. The molecule has 1 aromatic carbocycles. The molecule has 0 saturated heterocycles. The van der Waals surface area contributed by atoms with Crippen molar-refractivity contribution in [1.29, 1.82) is 0 Å². The second-order valence-corrected chi connectivity index (χ2v) is 4.30. The zero-order chi connectivity index (χ0) is 12.9. The number of carbonyl (C=O) groups is 1. The number of amides is 1. The summed E-state index contributed by atoms with van der Waals surface area (Å²) in [5.41, 5.74) is 1.42. The summed E-state index contributed by atoms with van der Waals surface area (Å²) in [6.07, 6.45) is 0. The van der Waals surface area contributed by atoms with Gasteiger partial charge in [0.25, 0.3) is 0 Å². The van der Waals surface area contributed by atoms with Gasteiger partial charge in [-0.1, -0.05) is 12.1 Å². The summed E-state index contributed by atoms with van der Waals surface area (Å²) in [6, 6.07) is 7.28. The highest BCUT2D eigenvalue weighted by Gasteiger charge is 2.28. The van der Waals surface area contributed by atoms with Gasteiger partial charge in [-0.3, -0.25) is 10.2 Å². The molecule has 0 bridgehead atoms. The van der Waals surface area contributed by atoms with Crippen LogP contribution in [0.15, 0.2) is 24.3 Å². The summed E-state index contributed by atoms with van der Waals surface area (Å²) >= 11 is 0. The largest absolute Gasteiger partial charge is 0.493 e. The number of methoxy groups -OCH3 is 1. The van der Waals surface area contributed by atoms with E-state index in [4.69, 9.17) is 15.3 Å². The van der Waals surface area contributed by atoms with Gasteiger partial charge in [0.1, 0.15) is 6.61 Å². The minimum Gasteiger partial charge on any atom is -0.493 e. The van der Waals surface area contributed by atoms with Crippen LogP contribution >= 0.6 is 0 Å². The van der Waals surface area contributed by atoms with Gasteiger partial charge in [-0.15, -0.1) is 0 Å². The molecule has 0 atom stereocenters. The van der Waals surface area contributed by atoms with Crippen molar-refractivity contribution in [3.05, 3.63) is 24.3 Å². The van der Waals surface area contributed by atoms with Crippen LogP contribution in [-0.2, 0) is 4.79 Å². The Hall–Kier alpha value is -1.75. The topological polar surface area (TPSA) is 73.6 Å². The predicted octanol–water partition coefficient (Wildman–Crippen LogP) is 1.09. The van der Waals surface area contributed by atoms with E-state index in [9.17, 15) is 4.79 Å². The standard InChI is InChI=1S/C12H18N2O3/c1-12(2,11(15)14-13)8-17-10-7-5-4-6-9(10)16-3/h4-7H,8,13H2,1-3H3,(H,14,15). The fraction of sp³-hybridized carbons (Fsp3) is 0.417. The first-order valence-electron chi connectivity index (χ1n) is 5.28. The minimum atomic E-state index is -0.699. The SMILES string of the molecule is COc1ccccc1OCC(C)(C)C(=O)NN. The molecule has 0 fully saturated rings. The number of hydrogen-bond acceptors (Lipinski definition) is 4. The van der Waals surface area contributed by atoms with Crippen molar-refractivity contribution in [3.8, 4) is 11.5 Å². The highest BCUT2D eigenvalue weighted by molar-refractivity contribution is 5.81. The van der Waals surface area contributed by atoms with Crippen molar-refractivity contribution in [1.82, 2.24) is 5.43 Å². The maximum atomic E-state index is 11.5. The summed E-state index contributed by atoms with van der Waals surface area (Å²) in [7, 11) is 1.57. The molecule has 5 heteroatoms. The first-order chi connectivity index (χ1) is 8.01. The number of hydrazine groups is 1. The van der Waals surface area contributed by atoms with Crippen LogP contribution in [0.4, 0.5) is 0 Å². The van der Waals surface area contributed by atoms with E-state index in [0.717, 1.165) is 0 Å². The number of carbonyl (C=O) groups excluding carboxylic acids is 1. The molecule has 17 heavy (non-hydrogen) atoms. The van der Waals surface area contributed by atoms with Gasteiger partial charge >= 0.3 is 0 Å². The van der Waals surface area contributed by atoms with E-state index in [2.05, 4.69) is 5.43 Å². The number of hydrogen-bond donors (Lipinski definition) is 2. The van der Waals surface area contributed by atoms with Gasteiger partial charge in [-0.05, 0) is 26.0 Å². The van der Waals surface area contributed by atoms with Gasteiger partial charge in [0.05, 0.1) is 12.5 Å². The summed E-state index contributed by atoms with van der Waals surface area (Å²) in [5.74, 6) is 6.07. The Kier molecular flexibility index (Phi) is 4.34. The second-order valence-electron chi connectivity index (χ2n) is 4.30. The van der Waals surface area contributed by atoms with Crippen molar-refractivity contribution >= 4 is 5.91 Å². The number of benzene rings is 1. The third-order valence-corrected chi connectivity index (χ3v) is 2.40. The van der Waals surface area contributed by atoms with Crippen molar-refractivity contribution in [2.75, 3.05) is 13.7 Å². The number of rotatable bonds is 5. The third kappa shape index (κ3) is 3.35. The predicted molar refractivity (Wildman–Crippen MR) is 64.6 cm³/mol. The monoisotopic (exact) mass is 238 g/mol. The molecule has 94 valence electrons. The van der Waals surface area contributed by atoms with Crippen LogP contribution in [0.25, 0.3) is 0 Å². The van der Waals surface area contributed by atoms with Crippen LogP contribution in [0.2, 0.25) is 0 Å². The van der Waals surface area contributed by atoms with E-state index >= 15 is 0 Å². The van der Waals surface area contributed by atoms with Gasteiger partial charge in [0, 0.05) is 0 Å². The molecule has 1 rings (SSSR count). The Morgan fingerprint density at radius 2 is 1.94 bits per heavy atom. The van der Waals surface area contributed by atoms with E-state index in [-0.39, 0.29) is 12.5 Å². The van der Waals surface area contributed by atoms with Gasteiger partial charge in [0.2, 0.25) is 5.91 Å². The van der Waals surface area contributed by atoms with Gasteiger partial charge in [-0.25, -0.2) is 5.84 Å². The maximum Gasteiger partial charge on any atom is 0.242 e. The molecule has 1 amide bonds. The average Bonchev–Trinajstić information content (AvgIpc) is 2.35. The Bertz CT molecular complexity index is 391. The number of para-hydroxylation sites is 2. The van der Waals surface area contributed by atoms with Crippen molar-refractivity contribution < 1.29 is 14.3 Å². The van der Waals surface area contributed by atoms with E-state index in [1.807, 2.05) is 12.1 Å². The molecule has 5 nitrogen and oxygen atoms in total. The molecule has 3 N–H and O–H groups in total. The van der Waals surface area contributed by atoms with Crippen LogP contribution in [0, 0.1) is 5.41 Å². The number of nitrogens with one attached hydrogen (secondary N) is 1. The van der Waals surface area contributed by atoms with Crippen LogP contribution in [0.5, 0.6) is 11.5 Å². The lowest BCUT2D eigenvalue weighted by molar-refractivity contribution is -0.130. The Balaban J connectivity index is 2.70. The summed E-state index contributed by atoms with van der Waals surface area (Å²) in [5, 5.41) is 0. The van der Waals surface area contributed by atoms with Crippen molar-refractivity contribution in [2.45, 2.75) is 13.8 Å². The average molecular weight is 238 g/mol. The Morgan fingerprint density at radius 1 is 1.35 bits per heavy atom. The molecule has 0 aliphatic carbocycles. The van der Waals surface area contributed by atoms with Crippen molar-refractivity contribution in [3.63, 3.8) is 0 Å². The molecular weight excluding hydrogens is 220 g/mol. The zero-order valence-corrected chi connectivity index (χ0v) is 10.3. The Labute approximate surface area is 101 Å². The molecule has 0 aromatic heterocycles. The molecule has 0 saturated carbocycles. The van der Waals surface area contributed by atoms with Crippen molar-refractivity contribution in [2.24, 2.45) is 11.3 Å². The fourth-order valence-corrected chi connectivity index (χ4v) is 1.26. The maximum absolute atomic E-state index is 11.5. The molecular formula is C12H18N2O3. The summed E-state index contributed by atoms with van der Waals surface area (Å²) in [6.45, 7) is 3.73. The normalized spacial score (nSPS) is 10.8. The zero-order valence-electron chi connectivity index (χ0n) is 10.3. The summed E-state index contributed by atoms with van der Waals surface area (Å²) in [4.78, 5) is 11.5. The minimum absolute atomic E-state index is 0.219. The number of ether oxygens (including phenoxy) is 2. The van der Waals surface area contributed by atoms with Gasteiger partial charge in [0.15, 0.2) is 11.5 Å². The van der Waals surface area contributed by atoms with E-state index in [0.29, 0.717) is 11.5 Å². The van der Waals surface area contributed by atoms with Crippen LogP contribution in [-0.4, -0.2) is 19.6 Å². The molecule has 0 aliphatic heterocycles. The van der Waals surface area contributed by atoms with E-state index in [1.165, 1.54) is 0 Å². The highest BCUT2D eigenvalue weighted by Crippen LogP contribution is 2.27. The first-order valence-corrected chi connectivity index (χ1v) is 5.28. The lowest BCUT2D eigenvalue weighted by atomic mass is 9.94. The van der Waals surface area contributed by atoms with Crippen LogP contribution in [0.3, 0.4) is 0 Å². The molecule has 0 unspecified atom stereocenters. The summed E-state index contributed by atoms with van der Waals surface area (Å²) < 4.78 is 10.7. The lowest BCUT2D eigenvalue weighted by Gasteiger charge is -2.22. The van der Waals surface area contributed by atoms with Gasteiger partial charge < -0.3 is 9.47 Å². The van der Waals surface area contributed by atoms with E-state index in [1.54, 1.807) is 33.1 Å². The molecule has 0 radical (unpaired) electrons. The molecule has 0 aliphatic rings. The first kappa shape index (κ1) is 13.3.